The number of esters is 1. The van der Waals surface area contributed by atoms with Crippen molar-refractivity contribution in [3.8, 4) is 5.75 Å². The third-order valence-corrected chi connectivity index (χ3v) is 4.16. The van der Waals surface area contributed by atoms with Crippen LogP contribution in [0.4, 0.5) is 0 Å². The molecule has 0 radical (unpaired) electrons. The highest BCUT2D eigenvalue weighted by Crippen LogP contribution is 2.26. The molecule has 1 N–H and O–H groups in total. The minimum absolute atomic E-state index is 0. The summed E-state index contributed by atoms with van der Waals surface area (Å²) in [5.74, 6) is 0.0830. The summed E-state index contributed by atoms with van der Waals surface area (Å²) in [6, 6.07) is 12.2. The summed E-state index contributed by atoms with van der Waals surface area (Å²) in [6.07, 6.45) is 1.75. The summed E-state index contributed by atoms with van der Waals surface area (Å²) in [5, 5.41) is 5.29. The minimum atomic E-state index is -0.394. The van der Waals surface area contributed by atoms with E-state index in [1.807, 2.05) is 18.2 Å². The molecule has 2 heterocycles. The normalized spacial score (nSPS) is 16.9. The number of fused-ring (bicyclic) bond motifs is 3. The number of carbonyl (C=O) groups excluding carboxylic acids is 1. The molecule has 4 rings (SSSR count). The molecule has 3 aromatic rings. The van der Waals surface area contributed by atoms with E-state index < -0.39 is 5.63 Å². The molecule has 0 bridgehead atoms. The first-order valence-corrected chi connectivity index (χ1v) is 7.63. The van der Waals surface area contributed by atoms with Crippen LogP contribution in [0.2, 0.25) is 0 Å². The maximum atomic E-state index is 12.1. The molecule has 1 fully saturated rings. The van der Waals surface area contributed by atoms with Gasteiger partial charge in [-0.15, -0.1) is 12.4 Å². The highest BCUT2D eigenvalue weighted by molar-refractivity contribution is 6.04. The predicted molar refractivity (Wildman–Crippen MR) is 93.9 cm³/mol. The summed E-state index contributed by atoms with van der Waals surface area (Å²) in [6.45, 7) is 0.832. The van der Waals surface area contributed by atoms with Crippen LogP contribution in [-0.2, 0) is 4.79 Å². The van der Waals surface area contributed by atoms with Crippen LogP contribution in [-0.4, -0.2) is 18.6 Å². The Kier molecular flexibility index (Phi) is 4.55. The van der Waals surface area contributed by atoms with E-state index in [-0.39, 0.29) is 24.4 Å². The molecule has 1 atom stereocenters. The molecule has 1 aliphatic heterocycles. The Balaban J connectivity index is 0.00000169. The molecule has 0 spiro atoms. The van der Waals surface area contributed by atoms with Crippen molar-refractivity contribution < 1.29 is 13.9 Å². The molecule has 5 nitrogen and oxygen atoms in total. The molecule has 0 saturated carbocycles. The van der Waals surface area contributed by atoms with Gasteiger partial charge in [-0.1, -0.05) is 18.2 Å². The zero-order valence-corrected chi connectivity index (χ0v) is 13.6. The number of halogens is 1. The lowest BCUT2D eigenvalue weighted by molar-refractivity contribution is -0.136. The molecular formula is C18H16ClNO4. The third kappa shape index (κ3) is 2.88. The Morgan fingerprint density at radius 2 is 1.92 bits per heavy atom. The lowest BCUT2D eigenvalue weighted by atomic mass is 10.1. The zero-order chi connectivity index (χ0) is 15.8. The smallest absolute Gasteiger partial charge is 0.344 e. The second kappa shape index (κ2) is 6.63. The molecule has 124 valence electrons. The second-order valence-electron chi connectivity index (χ2n) is 5.66. The van der Waals surface area contributed by atoms with Crippen molar-refractivity contribution in [2.75, 3.05) is 6.54 Å². The molecule has 24 heavy (non-hydrogen) atoms. The van der Waals surface area contributed by atoms with Crippen molar-refractivity contribution in [1.29, 1.82) is 0 Å². The molecular weight excluding hydrogens is 330 g/mol. The van der Waals surface area contributed by atoms with Crippen molar-refractivity contribution in [1.82, 2.24) is 5.32 Å². The van der Waals surface area contributed by atoms with Crippen LogP contribution in [0, 0.1) is 0 Å². The second-order valence-corrected chi connectivity index (χ2v) is 5.66. The molecule has 6 heteroatoms. The fourth-order valence-corrected chi connectivity index (χ4v) is 3.00. The number of hydrogen-bond acceptors (Lipinski definition) is 5. The number of ether oxygens (including phenoxy) is 1. The van der Waals surface area contributed by atoms with E-state index in [9.17, 15) is 9.59 Å². The number of rotatable bonds is 2. The first-order chi connectivity index (χ1) is 11.2. The van der Waals surface area contributed by atoms with Gasteiger partial charge < -0.3 is 14.5 Å². The Hall–Kier alpha value is -2.37. The third-order valence-electron chi connectivity index (χ3n) is 4.16. The van der Waals surface area contributed by atoms with Gasteiger partial charge in [0, 0.05) is 11.5 Å². The molecule has 0 amide bonds. The zero-order valence-electron chi connectivity index (χ0n) is 12.8. The standard InChI is InChI=1S/C18H15NO4.ClH/c20-17-14-5-2-1-4-12(14)13-8-7-11(10-16(13)23-17)22-18(21)15-6-3-9-19-15;/h1-2,4-5,7-8,10,15,19H,3,6,9H2;1H/t15-;/m0./s1. The van der Waals surface area contributed by atoms with Crippen molar-refractivity contribution in [2.45, 2.75) is 18.9 Å². The first kappa shape index (κ1) is 16.5. The highest BCUT2D eigenvalue weighted by atomic mass is 35.5. The predicted octanol–water partition coefficient (Wildman–Crippen LogP) is 3.03. The maximum absolute atomic E-state index is 12.1. The van der Waals surface area contributed by atoms with E-state index in [0.717, 1.165) is 30.2 Å². The molecule has 0 unspecified atom stereocenters. The Morgan fingerprint density at radius 3 is 2.67 bits per heavy atom. The summed E-state index contributed by atoms with van der Waals surface area (Å²) in [4.78, 5) is 24.1. The van der Waals surface area contributed by atoms with E-state index in [1.54, 1.807) is 24.3 Å². The summed E-state index contributed by atoms with van der Waals surface area (Å²) >= 11 is 0. The fourth-order valence-electron chi connectivity index (χ4n) is 3.00. The van der Waals surface area contributed by atoms with Gasteiger partial charge in [0.15, 0.2) is 0 Å². The van der Waals surface area contributed by atoms with Crippen molar-refractivity contribution in [2.24, 2.45) is 0 Å². The fraction of sp³-hybridized carbons (Fsp3) is 0.222. The average Bonchev–Trinajstić information content (AvgIpc) is 3.09. The van der Waals surface area contributed by atoms with Crippen LogP contribution in [0.1, 0.15) is 12.8 Å². The van der Waals surface area contributed by atoms with Gasteiger partial charge in [0.1, 0.15) is 17.4 Å². The van der Waals surface area contributed by atoms with Crippen molar-refractivity contribution in [3.05, 3.63) is 52.9 Å². The number of nitrogens with one attached hydrogen (secondary N) is 1. The first-order valence-electron chi connectivity index (χ1n) is 7.63. The maximum Gasteiger partial charge on any atom is 0.344 e. The summed E-state index contributed by atoms with van der Waals surface area (Å²) < 4.78 is 10.8. The summed E-state index contributed by atoms with van der Waals surface area (Å²) in [5.41, 5.74) is 0.0208. The topological polar surface area (TPSA) is 68.5 Å². The van der Waals surface area contributed by atoms with E-state index >= 15 is 0 Å². The van der Waals surface area contributed by atoms with Crippen molar-refractivity contribution in [3.63, 3.8) is 0 Å². The van der Waals surface area contributed by atoms with Crippen LogP contribution in [0.5, 0.6) is 5.75 Å². The Labute approximate surface area is 144 Å². The number of carbonyl (C=O) groups is 1. The van der Waals surface area contributed by atoms with Crippen molar-refractivity contribution >= 4 is 40.1 Å². The van der Waals surface area contributed by atoms with Gasteiger partial charge in [-0.05, 0) is 43.0 Å². The Morgan fingerprint density at radius 1 is 1.12 bits per heavy atom. The molecule has 0 aliphatic carbocycles. The van der Waals surface area contributed by atoms with Gasteiger partial charge in [-0.2, -0.15) is 0 Å². The quantitative estimate of drug-likeness (QED) is 0.334. The van der Waals surface area contributed by atoms with Gasteiger partial charge in [0.25, 0.3) is 0 Å². The molecule has 1 saturated heterocycles. The van der Waals surface area contributed by atoms with Gasteiger partial charge in [0.2, 0.25) is 0 Å². The summed E-state index contributed by atoms with van der Waals surface area (Å²) in [7, 11) is 0. The highest BCUT2D eigenvalue weighted by Gasteiger charge is 2.24. The van der Waals surface area contributed by atoms with E-state index in [1.165, 1.54) is 0 Å². The van der Waals surface area contributed by atoms with Crippen LogP contribution in [0.25, 0.3) is 21.7 Å². The monoisotopic (exact) mass is 345 g/mol. The number of benzene rings is 2. The van der Waals surface area contributed by atoms with Gasteiger partial charge >= 0.3 is 11.6 Å². The molecule has 1 aliphatic rings. The van der Waals surface area contributed by atoms with Crippen LogP contribution in [0.3, 0.4) is 0 Å². The van der Waals surface area contributed by atoms with Crippen LogP contribution in [0.15, 0.2) is 51.7 Å². The van der Waals surface area contributed by atoms with Gasteiger partial charge in [-0.25, -0.2) is 9.59 Å². The minimum Gasteiger partial charge on any atom is -0.425 e. The SMILES string of the molecule is Cl.O=C(Oc1ccc2c(c1)oc(=O)c1ccccc12)[C@@H]1CCCN1. The van der Waals surface area contributed by atoms with Crippen LogP contribution < -0.4 is 15.7 Å². The van der Waals surface area contributed by atoms with Gasteiger partial charge in [0.05, 0.1) is 5.39 Å². The van der Waals surface area contributed by atoms with Crippen LogP contribution >= 0.6 is 12.4 Å². The Bertz CT molecular complexity index is 960. The molecule has 2 aromatic carbocycles. The lowest BCUT2D eigenvalue weighted by Gasteiger charge is -2.10. The van der Waals surface area contributed by atoms with E-state index in [2.05, 4.69) is 5.32 Å². The lowest BCUT2D eigenvalue weighted by Crippen LogP contribution is -2.34. The largest absolute Gasteiger partial charge is 0.425 e. The average molecular weight is 346 g/mol. The number of hydrogen-bond donors (Lipinski definition) is 1. The van der Waals surface area contributed by atoms with Gasteiger partial charge in [-0.3, -0.25) is 0 Å². The van der Waals surface area contributed by atoms with E-state index in [4.69, 9.17) is 9.15 Å². The molecule has 1 aromatic heterocycles. The van der Waals surface area contributed by atoms with E-state index in [0.29, 0.717) is 16.7 Å².